The predicted molar refractivity (Wildman–Crippen MR) is 231 cm³/mol. The van der Waals surface area contributed by atoms with Crippen molar-refractivity contribution in [2.24, 2.45) is 27.0 Å². The van der Waals surface area contributed by atoms with Crippen LogP contribution in [0.4, 0.5) is 9.52 Å². The number of aliphatic imine (C=N–C) groups is 1. The molecule has 14 heteroatoms. The number of thiazole rings is 1. The average molecular weight is 825 g/mol. The number of piperidine rings is 1. The molecule has 0 amide bonds. The van der Waals surface area contributed by atoms with Gasteiger partial charge in [-0.15, -0.1) is 0 Å². The topological polar surface area (TPSA) is 158 Å². The van der Waals surface area contributed by atoms with E-state index < -0.39 is 5.95 Å². The Hall–Kier alpha value is -4.53. The zero-order chi connectivity index (χ0) is 41.5. The van der Waals surface area contributed by atoms with Crippen LogP contribution in [0.3, 0.4) is 0 Å². The van der Waals surface area contributed by atoms with E-state index in [9.17, 15) is 20.0 Å². The molecule has 314 valence electrons. The molecule has 1 aromatic carbocycles. The van der Waals surface area contributed by atoms with Crippen LogP contribution < -0.4 is 11.1 Å². The highest BCUT2D eigenvalue weighted by Crippen LogP contribution is 2.72. The molecule has 2 aromatic heterocycles. The molecule has 0 spiro atoms. The summed E-state index contributed by atoms with van der Waals surface area (Å²) in [6.07, 6.45) is 16.6. The SMILES string of the molecule is CC(=C1\CCCN(C2=CC=C(c3cnn(CC45CC6(C)CC(C)(C4)CC(OCC[N+]4(C)CCCC4)(C6)C5)c3C)C(=C(O)O)N2)C1=N)/C(N)=N\c1nc2cc(F)ccc2s1. The van der Waals surface area contributed by atoms with Crippen molar-refractivity contribution < 1.29 is 23.8 Å². The quantitative estimate of drug-likeness (QED) is 0.0590. The van der Waals surface area contributed by atoms with E-state index in [1.165, 1.54) is 68.7 Å². The van der Waals surface area contributed by atoms with Crippen molar-refractivity contribution in [2.45, 2.75) is 104 Å². The lowest BCUT2D eigenvalue weighted by atomic mass is 9.39. The van der Waals surface area contributed by atoms with Gasteiger partial charge in [-0.3, -0.25) is 10.1 Å². The van der Waals surface area contributed by atoms with Crippen LogP contribution in [0.15, 0.2) is 70.1 Å². The molecule has 4 aliphatic carbocycles. The van der Waals surface area contributed by atoms with E-state index in [2.05, 4.69) is 47.8 Å². The summed E-state index contributed by atoms with van der Waals surface area (Å²) in [7, 11) is 2.39. The highest BCUT2D eigenvalue weighted by Gasteiger charge is 2.66. The van der Waals surface area contributed by atoms with Gasteiger partial charge in [0.25, 0.3) is 5.95 Å². The fourth-order valence-electron chi connectivity index (χ4n) is 12.9. The summed E-state index contributed by atoms with van der Waals surface area (Å²) in [5.74, 6) is -0.148. The normalized spacial score (nSPS) is 31.2. The Bertz CT molecular complexity index is 2360. The Labute approximate surface area is 350 Å². The molecule has 59 heavy (non-hydrogen) atoms. The summed E-state index contributed by atoms with van der Waals surface area (Å²) < 4.78 is 24.9. The molecule has 2 saturated heterocycles. The third-order valence-corrected chi connectivity index (χ3v) is 15.3. The maximum Gasteiger partial charge on any atom is 0.299 e. The number of aromatic nitrogens is 3. The number of quaternary nitrogens is 1. The predicted octanol–water partition coefficient (Wildman–Crippen LogP) is 8.51. The van der Waals surface area contributed by atoms with Gasteiger partial charge in [0.1, 0.15) is 35.6 Å². The van der Waals surface area contributed by atoms with E-state index in [-0.39, 0.29) is 45.0 Å². The number of allylic oxidation sites excluding steroid dienone is 3. The number of nitrogens with one attached hydrogen (secondary N) is 2. The highest BCUT2D eigenvalue weighted by atomic mass is 32.1. The second-order valence-electron chi connectivity index (χ2n) is 19.8. The molecule has 6 fully saturated rings. The second kappa shape index (κ2) is 14.3. The van der Waals surface area contributed by atoms with Crippen LogP contribution >= 0.6 is 11.3 Å². The number of nitrogens with zero attached hydrogens (tertiary/aromatic N) is 6. The number of nitrogens with two attached hydrogens (primary N) is 1. The van der Waals surface area contributed by atoms with Crippen LogP contribution in [0.5, 0.6) is 0 Å². The van der Waals surface area contributed by atoms with E-state index in [0.717, 1.165) is 71.4 Å². The molecule has 2 atom stereocenters. The lowest BCUT2D eigenvalue weighted by Crippen LogP contribution is -2.64. The van der Waals surface area contributed by atoms with Crippen molar-refractivity contribution in [3.8, 4) is 0 Å². The summed E-state index contributed by atoms with van der Waals surface area (Å²) in [6.45, 7) is 14.7. The number of benzene rings is 1. The number of amidine groups is 2. The summed E-state index contributed by atoms with van der Waals surface area (Å²) in [6, 6.07) is 4.44. The maximum atomic E-state index is 13.8. The van der Waals surface area contributed by atoms with E-state index in [1.54, 1.807) is 6.07 Å². The number of fused-ring (bicyclic) bond motifs is 1. The van der Waals surface area contributed by atoms with Crippen LogP contribution in [0.1, 0.15) is 96.2 Å². The minimum absolute atomic E-state index is 0.0718. The first kappa shape index (κ1) is 39.9. The minimum Gasteiger partial charge on any atom is -0.480 e. The minimum atomic E-state index is -0.831. The number of hydrogen-bond acceptors (Lipinski definition) is 9. The van der Waals surface area contributed by atoms with Crippen LogP contribution in [-0.2, 0) is 11.3 Å². The van der Waals surface area contributed by atoms with Gasteiger partial charge in [-0.25, -0.2) is 14.4 Å². The van der Waals surface area contributed by atoms with Crippen molar-refractivity contribution in [2.75, 3.05) is 39.8 Å². The number of aliphatic hydroxyl groups excluding tert-OH is 1. The first-order chi connectivity index (χ1) is 28.0. The molecular weight excluding hydrogens is 766 g/mol. The summed E-state index contributed by atoms with van der Waals surface area (Å²) in [5, 5.41) is 39.2. The lowest BCUT2D eigenvalue weighted by Gasteiger charge is -2.69. The Morgan fingerprint density at radius 1 is 1.08 bits per heavy atom. The molecule has 7 aliphatic rings. The van der Waals surface area contributed by atoms with Crippen LogP contribution in [0.2, 0.25) is 0 Å². The number of dihydropyridines is 1. The zero-order valence-corrected chi connectivity index (χ0v) is 35.9. The molecule has 3 aliphatic heterocycles. The highest BCUT2D eigenvalue weighted by molar-refractivity contribution is 7.22. The smallest absolute Gasteiger partial charge is 0.299 e. The van der Waals surface area contributed by atoms with E-state index >= 15 is 0 Å². The number of ether oxygens (including phenoxy) is 1. The second-order valence-corrected chi connectivity index (χ2v) is 20.8. The summed E-state index contributed by atoms with van der Waals surface area (Å²) in [5.41, 5.74) is 11.4. The Morgan fingerprint density at radius 2 is 1.83 bits per heavy atom. The molecule has 3 aromatic rings. The monoisotopic (exact) mass is 824 g/mol. The van der Waals surface area contributed by atoms with Crippen molar-refractivity contribution in [3.05, 3.63) is 82.2 Å². The van der Waals surface area contributed by atoms with Gasteiger partial charge in [0, 0.05) is 54.4 Å². The number of halogens is 1. The average Bonchev–Trinajstić information content (AvgIpc) is 3.87. The van der Waals surface area contributed by atoms with Gasteiger partial charge in [0.15, 0.2) is 0 Å². The van der Waals surface area contributed by atoms with Crippen molar-refractivity contribution in [1.82, 2.24) is 25.0 Å². The van der Waals surface area contributed by atoms with Gasteiger partial charge in [0.05, 0.1) is 48.8 Å². The number of likely N-dealkylation sites (tertiary alicyclic amines) is 2. The molecule has 12 nitrogen and oxygen atoms in total. The summed E-state index contributed by atoms with van der Waals surface area (Å²) in [4.78, 5) is 10.8. The third-order valence-electron chi connectivity index (χ3n) is 14.4. The third kappa shape index (κ3) is 7.39. The van der Waals surface area contributed by atoms with Crippen LogP contribution in [0.25, 0.3) is 15.8 Å². The van der Waals surface area contributed by atoms with Gasteiger partial charge in [-0.05, 0) is 111 Å². The van der Waals surface area contributed by atoms with Crippen molar-refractivity contribution in [3.63, 3.8) is 0 Å². The molecule has 4 bridgehead atoms. The maximum absolute atomic E-state index is 13.8. The zero-order valence-electron chi connectivity index (χ0n) is 35.1. The molecule has 6 N–H and O–H groups in total. The van der Waals surface area contributed by atoms with Gasteiger partial charge in [-0.1, -0.05) is 25.2 Å². The van der Waals surface area contributed by atoms with E-state index in [0.29, 0.717) is 40.6 Å². The standard InChI is InChI=1S/C45H58FN9O3S/c1-28(38(47)52-41-50-34-19-30(46)10-12-35(34)59-41)31-9-8-14-53(39(31)48)36-13-11-32(37(51-36)40(56)57)33-20-49-54(29(33)2)27-44-22-42(3)21-43(4,23-44)25-45(24-42,26-44)58-18-17-55(5)15-6-7-16-55/h10-13,19-20H,6-9,14-18,21-27H2,1-5H3,(H5-,47,48,50,51,52,56,57)/p+1. The first-order valence-electron chi connectivity index (χ1n) is 21.3. The van der Waals surface area contributed by atoms with Gasteiger partial charge < -0.3 is 35.4 Å². The van der Waals surface area contributed by atoms with Gasteiger partial charge in [-0.2, -0.15) is 5.10 Å². The van der Waals surface area contributed by atoms with Crippen LogP contribution in [0, 0.1) is 34.4 Å². The van der Waals surface area contributed by atoms with Gasteiger partial charge in [0.2, 0.25) is 5.13 Å². The summed E-state index contributed by atoms with van der Waals surface area (Å²) >= 11 is 1.32. The number of likely N-dealkylation sites (N-methyl/N-ethyl adjacent to an activating group) is 1. The number of aliphatic hydroxyl groups is 2. The molecule has 10 rings (SSSR count). The molecule has 0 radical (unpaired) electrons. The van der Waals surface area contributed by atoms with Crippen molar-refractivity contribution in [1.29, 1.82) is 5.41 Å². The fraction of sp³-hybridized carbons (Fsp3) is 0.556. The first-order valence-corrected chi connectivity index (χ1v) is 22.1. The van der Waals surface area contributed by atoms with Gasteiger partial charge >= 0.3 is 0 Å². The number of hydrogen-bond donors (Lipinski definition) is 5. The molecule has 5 heterocycles. The molecule has 2 unspecified atom stereocenters. The van der Waals surface area contributed by atoms with Crippen LogP contribution in [-0.4, -0.2) is 91.5 Å². The number of rotatable bonds is 10. The Balaban J connectivity index is 0.947. The molecule has 4 saturated carbocycles. The molecular formula is C45H59FN9O3S+. The van der Waals surface area contributed by atoms with E-state index in [4.69, 9.17) is 15.6 Å². The van der Waals surface area contributed by atoms with Crippen molar-refractivity contribution >= 4 is 43.9 Å². The fourth-order valence-corrected chi connectivity index (χ4v) is 13.7. The Morgan fingerprint density at radius 3 is 2.56 bits per heavy atom. The largest absolute Gasteiger partial charge is 0.480 e. The lowest BCUT2D eigenvalue weighted by molar-refractivity contribution is -0.898. The Kier molecular flexibility index (Phi) is 9.67. The van der Waals surface area contributed by atoms with E-state index in [1.807, 2.05) is 30.2 Å².